The van der Waals surface area contributed by atoms with Crippen molar-refractivity contribution in [3.63, 3.8) is 0 Å². The van der Waals surface area contributed by atoms with Gasteiger partial charge in [0.25, 0.3) is 0 Å². The molecule has 1 rings (SSSR count). The number of phenolic OH excluding ortho intramolecular Hbond substituents is 1. The van der Waals surface area contributed by atoms with Crippen LogP contribution < -0.4 is 63.5 Å². The molecule has 3 nitrogen and oxygen atoms in total. The first-order chi connectivity index (χ1) is 5.24. The van der Waals surface area contributed by atoms with Crippen LogP contribution in [-0.2, 0) is 4.79 Å². The second kappa shape index (κ2) is 5.86. The average Bonchev–Trinajstić information content (AvgIpc) is 1.98. The molecule has 0 saturated heterocycles. The quantitative estimate of drug-likeness (QED) is 0.361. The maximum absolute atomic E-state index is 9.89. The van der Waals surface area contributed by atoms with Gasteiger partial charge in [-0.2, -0.15) is 0 Å². The Balaban J connectivity index is 0.00000121. The summed E-state index contributed by atoms with van der Waals surface area (Å²) in [4.78, 5) is 9.89. The maximum Gasteiger partial charge on any atom is 1.00 e. The third-order valence-corrected chi connectivity index (χ3v) is 1.34. The molecule has 0 atom stereocenters. The molecule has 0 bridgehead atoms. The van der Waals surface area contributed by atoms with Crippen molar-refractivity contribution in [2.45, 2.75) is 6.92 Å². The van der Waals surface area contributed by atoms with Crippen LogP contribution in [0.3, 0.4) is 0 Å². The van der Waals surface area contributed by atoms with Crippen LogP contribution in [0.4, 0.5) is 5.69 Å². The first-order valence-corrected chi connectivity index (χ1v) is 3.17. The summed E-state index contributed by atoms with van der Waals surface area (Å²) in [5.41, 5.74) is 1.36. The Hall–Kier alpha value is 0.295. The Kier molecular flexibility index (Phi) is 6.00. The molecule has 0 unspecified atom stereocenters. The van der Waals surface area contributed by atoms with Gasteiger partial charge in [0.1, 0.15) is 0 Å². The van der Waals surface area contributed by atoms with Gasteiger partial charge >= 0.3 is 58.2 Å². The van der Waals surface area contributed by atoms with Gasteiger partial charge in [0.05, 0.1) is 12.2 Å². The molecule has 0 fully saturated rings. The molecule has 1 aromatic carbocycles. The summed E-state index contributed by atoms with van der Waals surface area (Å²) in [7, 11) is 0. The van der Waals surface area contributed by atoms with Crippen LogP contribution in [0.15, 0.2) is 18.2 Å². The second-order valence-corrected chi connectivity index (χ2v) is 2.25. The SMILES string of the molecule is Cc1ccc(O)c(N[C-]=O)c1.[Rb+]. The number of amides is 1. The number of phenols is 1. The number of hydrogen-bond donors (Lipinski definition) is 2. The van der Waals surface area contributed by atoms with Crippen molar-refractivity contribution in [1.29, 1.82) is 0 Å². The number of carbonyl (C=O) groups excluding carboxylic acids is 1. The van der Waals surface area contributed by atoms with Crippen LogP contribution in [-0.4, -0.2) is 11.5 Å². The Morgan fingerprint density at radius 1 is 1.50 bits per heavy atom. The van der Waals surface area contributed by atoms with Crippen LogP contribution >= 0.6 is 0 Å². The minimum atomic E-state index is 0. The van der Waals surface area contributed by atoms with E-state index >= 15 is 0 Å². The molecule has 58 valence electrons. The molecular weight excluding hydrogens is 228 g/mol. The van der Waals surface area contributed by atoms with Gasteiger partial charge in [0.15, 0.2) is 0 Å². The molecule has 0 aliphatic rings. The summed E-state index contributed by atoms with van der Waals surface area (Å²) in [6.45, 7) is 1.87. The van der Waals surface area contributed by atoms with Crippen molar-refractivity contribution in [1.82, 2.24) is 0 Å². The van der Waals surface area contributed by atoms with Crippen molar-refractivity contribution >= 4 is 12.1 Å². The number of benzene rings is 1. The first kappa shape index (κ1) is 12.3. The molecule has 0 saturated carbocycles. The Morgan fingerprint density at radius 3 is 2.75 bits per heavy atom. The molecule has 0 aliphatic carbocycles. The molecule has 0 aliphatic heterocycles. The standard InChI is InChI=1S/C8H8NO2.Rb/c1-6-2-3-8(11)7(4-6)9-5-10;/h2-4,11H,1H3,(H,9,10);/q-1;+1. The van der Waals surface area contributed by atoms with Gasteiger partial charge < -0.3 is 15.2 Å². The fourth-order valence-electron chi connectivity index (χ4n) is 0.805. The third kappa shape index (κ3) is 3.35. The monoisotopic (exact) mass is 235 g/mol. The second-order valence-electron chi connectivity index (χ2n) is 2.25. The van der Waals surface area contributed by atoms with Crippen molar-refractivity contribution in [2.75, 3.05) is 5.32 Å². The fraction of sp³-hybridized carbons (Fsp3) is 0.125. The molecule has 1 aromatic rings. The summed E-state index contributed by atoms with van der Waals surface area (Å²) in [5.74, 6) is 0.0546. The van der Waals surface area contributed by atoms with E-state index in [0.717, 1.165) is 5.56 Å². The molecule has 4 heteroatoms. The molecule has 12 heavy (non-hydrogen) atoms. The molecule has 2 N–H and O–H groups in total. The van der Waals surface area contributed by atoms with E-state index in [1.54, 1.807) is 12.1 Å². The summed E-state index contributed by atoms with van der Waals surface area (Å²) in [6, 6.07) is 4.94. The molecule has 0 spiro atoms. The van der Waals surface area contributed by atoms with Gasteiger partial charge in [-0.05, 0) is 13.0 Å². The van der Waals surface area contributed by atoms with Crippen molar-refractivity contribution in [3.8, 4) is 5.75 Å². The van der Waals surface area contributed by atoms with Crippen LogP contribution in [0, 0.1) is 6.92 Å². The van der Waals surface area contributed by atoms with Crippen LogP contribution in [0.25, 0.3) is 0 Å². The van der Waals surface area contributed by atoms with E-state index < -0.39 is 0 Å². The number of aromatic hydroxyl groups is 1. The zero-order valence-corrected chi connectivity index (χ0v) is 12.0. The van der Waals surface area contributed by atoms with Gasteiger partial charge in [-0.3, -0.25) is 0 Å². The minimum Gasteiger partial charge on any atom is -0.525 e. The van der Waals surface area contributed by atoms with Crippen molar-refractivity contribution < 1.29 is 68.1 Å². The van der Waals surface area contributed by atoms with Crippen molar-refractivity contribution in [2.24, 2.45) is 0 Å². The fourth-order valence-corrected chi connectivity index (χ4v) is 0.805. The average molecular weight is 236 g/mol. The summed E-state index contributed by atoms with van der Waals surface area (Å²) >= 11 is 0. The molecule has 0 heterocycles. The van der Waals surface area contributed by atoms with E-state index in [2.05, 4.69) is 5.32 Å². The van der Waals surface area contributed by atoms with Gasteiger partial charge in [0.2, 0.25) is 0 Å². The Labute approximate surface area is 120 Å². The van der Waals surface area contributed by atoms with Crippen LogP contribution in [0.1, 0.15) is 5.56 Å². The van der Waals surface area contributed by atoms with E-state index in [1.807, 2.05) is 6.92 Å². The molecule has 1 amide bonds. The van der Waals surface area contributed by atoms with E-state index in [1.165, 1.54) is 12.5 Å². The normalized spacial score (nSPS) is 8.42. The van der Waals surface area contributed by atoms with E-state index in [0.29, 0.717) is 5.69 Å². The number of hydrogen-bond acceptors (Lipinski definition) is 2. The predicted molar refractivity (Wildman–Crippen MR) is 42.2 cm³/mol. The largest absolute Gasteiger partial charge is 1.00 e. The van der Waals surface area contributed by atoms with Gasteiger partial charge in [-0.25, -0.2) is 0 Å². The first-order valence-electron chi connectivity index (χ1n) is 3.17. The minimum absolute atomic E-state index is 0. The number of aryl methyl sites for hydroxylation is 1. The predicted octanol–water partition coefficient (Wildman–Crippen LogP) is -1.82. The summed E-state index contributed by atoms with van der Waals surface area (Å²) in [6.07, 6.45) is 1.49. The smallest absolute Gasteiger partial charge is 0.525 e. The Morgan fingerprint density at radius 2 is 2.17 bits per heavy atom. The van der Waals surface area contributed by atoms with Gasteiger partial charge in [-0.1, -0.05) is 17.3 Å². The molecule has 0 aromatic heterocycles. The number of nitrogens with one attached hydrogen (secondary N) is 1. The third-order valence-electron chi connectivity index (χ3n) is 1.34. The molecular formula is C8H8NO2Rb. The van der Waals surface area contributed by atoms with Crippen molar-refractivity contribution in [3.05, 3.63) is 23.8 Å². The number of rotatable bonds is 2. The van der Waals surface area contributed by atoms with Gasteiger partial charge in [-0.15, -0.1) is 6.07 Å². The maximum atomic E-state index is 9.89. The number of anilines is 1. The topological polar surface area (TPSA) is 49.3 Å². The summed E-state index contributed by atoms with van der Waals surface area (Å²) in [5, 5.41) is 11.4. The van der Waals surface area contributed by atoms with E-state index in [4.69, 9.17) is 5.11 Å². The summed E-state index contributed by atoms with van der Waals surface area (Å²) < 4.78 is 0. The zero-order chi connectivity index (χ0) is 8.27. The zero-order valence-electron chi connectivity index (χ0n) is 7.09. The van der Waals surface area contributed by atoms with Gasteiger partial charge in [0, 0.05) is 0 Å². The van der Waals surface area contributed by atoms with Crippen LogP contribution in [0.2, 0.25) is 0 Å². The molecule has 0 radical (unpaired) electrons. The van der Waals surface area contributed by atoms with E-state index in [9.17, 15) is 4.79 Å². The van der Waals surface area contributed by atoms with E-state index in [-0.39, 0.29) is 63.9 Å². The van der Waals surface area contributed by atoms with Crippen LogP contribution in [0.5, 0.6) is 5.75 Å². The Bertz CT molecular complexity index is 276.